The molecule has 0 saturated heterocycles. The highest BCUT2D eigenvalue weighted by molar-refractivity contribution is 6.20. The van der Waals surface area contributed by atoms with Crippen LogP contribution >= 0.6 is 11.6 Å². The first-order valence-electron chi connectivity index (χ1n) is 14.2. The number of nitrogens with zero attached hydrogens (tertiary/aromatic N) is 2. The van der Waals surface area contributed by atoms with Crippen molar-refractivity contribution in [2.24, 2.45) is 0 Å². The van der Waals surface area contributed by atoms with E-state index in [2.05, 4.69) is 60.3 Å². The SMILES string of the molecule is CN(C)CCc1cccc(OCCCN(CC(c2ccccc2)c2ccccc2)C(Cl)c2cccc(C(F)(F)F)c2)c1. The Kier molecular flexibility index (Phi) is 11.5. The van der Waals surface area contributed by atoms with Crippen LogP contribution in [0, 0.1) is 0 Å². The molecular formula is C35H38ClF3N2O. The van der Waals surface area contributed by atoms with Crippen molar-refractivity contribution in [3.63, 3.8) is 0 Å². The smallest absolute Gasteiger partial charge is 0.416 e. The molecule has 0 saturated carbocycles. The zero-order chi connectivity index (χ0) is 30.0. The maximum Gasteiger partial charge on any atom is 0.416 e. The molecule has 222 valence electrons. The second-order valence-corrected chi connectivity index (χ2v) is 11.1. The number of halogens is 4. The van der Waals surface area contributed by atoms with Crippen LogP contribution in [0.25, 0.3) is 0 Å². The standard InChI is InChI=1S/C35H38ClF3N2O/c1-40(2)22-20-27-12-9-19-32(24-27)42-23-11-21-41(34(36)30-17-10-18-31(25-30)35(37,38)39)26-33(28-13-5-3-6-14-28)29-15-7-4-8-16-29/h3-10,12-19,24-25,33-34H,11,20-23,26H2,1-2H3. The molecule has 0 aliphatic carbocycles. The molecule has 0 bridgehead atoms. The number of ether oxygens (including phenoxy) is 1. The molecular weight excluding hydrogens is 557 g/mol. The summed E-state index contributed by atoms with van der Waals surface area (Å²) in [7, 11) is 4.10. The summed E-state index contributed by atoms with van der Waals surface area (Å²) >= 11 is 7.00. The Morgan fingerprint density at radius 2 is 1.36 bits per heavy atom. The Morgan fingerprint density at radius 1 is 0.738 bits per heavy atom. The minimum absolute atomic E-state index is 0.0197. The zero-order valence-electron chi connectivity index (χ0n) is 24.1. The van der Waals surface area contributed by atoms with Gasteiger partial charge in [-0.1, -0.05) is 84.9 Å². The summed E-state index contributed by atoms with van der Waals surface area (Å²) < 4.78 is 46.7. The van der Waals surface area contributed by atoms with Crippen molar-refractivity contribution in [1.29, 1.82) is 0 Å². The molecule has 3 nitrogen and oxygen atoms in total. The quantitative estimate of drug-likeness (QED) is 0.0825. The number of rotatable bonds is 14. The highest BCUT2D eigenvalue weighted by Crippen LogP contribution is 2.35. The summed E-state index contributed by atoms with van der Waals surface area (Å²) in [6.07, 6.45) is -2.85. The molecule has 0 N–H and O–H groups in total. The fourth-order valence-electron chi connectivity index (χ4n) is 4.98. The van der Waals surface area contributed by atoms with Crippen LogP contribution in [0.15, 0.2) is 109 Å². The molecule has 4 rings (SSSR count). The van der Waals surface area contributed by atoms with E-state index < -0.39 is 17.2 Å². The van der Waals surface area contributed by atoms with Crippen LogP contribution < -0.4 is 4.74 Å². The first-order valence-corrected chi connectivity index (χ1v) is 14.7. The van der Waals surface area contributed by atoms with Crippen molar-refractivity contribution in [2.75, 3.05) is 40.3 Å². The van der Waals surface area contributed by atoms with Crippen molar-refractivity contribution in [2.45, 2.75) is 30.4 Å². The van der Waals surface area contributed by atoms with Crippen LogP contribution in [0.3, 0.4) is 0 Å². The van der Waals surface area contributed by atoms with Crippen LogP contribution in [-0.4, -0.2) is 50.1 Å². The Labute approximate surface area is 252 Å². The Bertz CT molecular complexity index is 1330. The second-order valence-electron chi connectivity index (χ2n) is 10.7. The largest absolute Gasteiger partial charge is 0.494 e. The summed E-state index contributed by atoms with van der Waals surface area (Å²) in [6, 6.07) is 33.7. The second kappa shape index (κ2) is 15.2. The number of benzene rings is 4. The van der Waals surface area contributed by atoms with E-state index in [9.17, 15) is 13.2 Å². The average molecular weight is 595 g/mol. The normalized spacial score (nSPS) is 12.7. The van der Waals surface area contributed by atoms with Crippen molar-refractivity contribution in [3.05, 3.63) is 137 Å². The lowest BCUT2D eigenvalue weighted by molar-refractivity contribution is -0.137. The molecule has 1 atom stereocenters. The lowest BCUT2D eigenvalue weighted by atomic mass is 9.90. The van der Waals surface area contributed by atoms with Gasteiger partial charge in [0.15, 0.2) is 0 Å². The third-order valence-electron chi connectivity index (χ3n) is 7.24. The zero-order valence-corrected chi connectivity index (χ0v) is 24.9. The van der Waals surface area contributed by atoms with E-state index in [0.717, 1.165) is 42.0 Å². The summed E-state index contributed by atoms with van der Waals surface area (Å²) in [6.45, 7) is 2.48. The number of hydrogen-bond donors (Lipinski definition) is 0. The summed E-state index contributed by atoms with van der Waals surface area (Å²) in [5.74, 6) is 0.790. The van der Waals surface area contributed by atoms with Crippen LogP contribution in [0.5, 0.6) is 5.75 Å². The molecule has 4 aromatic carbocycles. The minimum Gasteiger partial charge on any atom is -0.494 e. The van der Waals surface area contributed by atoms with Gasteiger partial charge >= 0.3 is 6.18 Å². The van der Waals surface area contributed by atoms with Crippen molar-refractivity contribution in [3.8, 4) is 5.75 Å². The summed E-state index contributed by atoms with van der Waals surface area (Å²) in [4.78, 5) is 4.20. The van der Waals surface area contributed by atoms with Gasteiger partial charge < -0.3 is 9.64 Å². The van der Waals surface area contributed by atoms with E-state index in [-0.39, 0.29) is 5.92 Å². The van der Waals surface area contributed by atoms with E-state index in [1.54, 1.807) is 6.07 Å². The summed E-state index contributed by atoms with van der Waals surface area (Å²) in [5, 5.41) is 0. The Morgan fingerprint density at radius 3 is 1.98 bits per heavy atom. The highest BCUT2D eigenvalue weighted by atomic mass is 35.5. The van der Waals surface area contributed by atoms with Gasteiger partial charge in [0.05, 0.1) is 12.2 Å². The van der Waals surface area contributed by atoms with Gasteiger partial charge in [-0.2, -0.15) is 13.2 Å². The Balaban J connectivity index is 1.53. The highest BCUT2D eigenvalue weighted by Gasteiger charge is 2.32. The maximum absolute atomic E-state index is 13.5. The van der Waals surface area contributed by atoms with Gasteiger partial charge in [0, 0.05) is 25.6 Å². The van der Waals surface area contributed by atoms with Gasteiger partial charge in [-0.3, -0.25) is 4.90 Å². The van der Waals surface area contributed by atoms with Gasteiger partial charge in [-0.05, 0) is 73.5 Å². The molecule has 7 heteroatoms. The lowest BCUT2D eigenvalue weighted by Gasteiger charge is -2.32. The number of alkyl halides is 4. The van der Waals surface area contributed by atoms with E-state index in [1.807, 2.05) is 48.5 Å². The molecule has 0 fully saturated rings. The van der Waals surface area contributed by atoms with Crippen LogP contribution in [0.4, 0.5) is 13.2 Å². The fraction of sp³-hybridized carbons (Fsp3) is 0.314. The van der Waals surface area contributed by atoms with Crippen LogP contribution in [-0.2, 0) is 12.6 Å². The molecule has 42 heavy (non-hydrogen) atoms. The predicted octanol–water partition coefficient (Wildman–Crippen LogP) is 8.65. The van der Waals surface area contributed by atoms with Gasteiger partial charge in [0.25, 0.3) is 0 Å². The van der Waals surface area contributed by atoms with E-state index in [1.165, 1.54) is 11.6 Å². The van der Waals surface area contributed by atoms with Gasteiger partial charge in [0.2, 0.25) is 0 Å². The first-order chi connectivity index (χ1) is 20.2. The third kappa shape index (κ3) is 9.35. The lowest BCUT2D eigenvalue weighted by Crippen LogP contribution is -2.32. The monoisotopic (exact) mass is 594 g/mol. The molecule has 0 heterocycles. The van der Waals surface area contributed by atoms with Crippen molar-refractivity contribution < 1.29 is 17.9 Å². The van der Waals surface area contributed by atoms with Gasteiger partial charge in [-0.15, -0.1) is 11.6 Å². The molecule has 1 unspecified atom stereocenters. The predicted molar refractivity (Wildman–Crippen MR) is 165 cm³/mol. The average Bonchev–Trinajstić information content (AvgIpc) is 3.00. The topological polar surface area (TPSA) is 15.7 Å². The molecule has 0 aromatic heterocycles. The third-order valence-corrected chi connectivity index (χ3v) is 7.76. The van der Waals surface area contributed by atoms with E-state index in [0.29, 0.717) is 31.7 Å². The van der Waals surface area contributed by atoms with Crippen LogP contribution in [0.1, 0.15) is 45.7 Å². The van der Waals surface area contributed by atoms with Crippen molar-refractivity contribution >= 4 is 11.6 Å². The molecule has 0 aliphatic rings. The molecule has 0 aliphatic heterocycles. The minimum atomic E-state index is -4.44. The Hall–Kier alpha value is -3.32. The molecule has 0 amide bonds. The van der Waals surface area contributed by atoms with E-state index in [4.69, 9.17) is 16.3 Å². The van der Waals surface area contributed by atoms with Gasteiger partial charge in [0.1, 0.15) is 11.3 Å². The molecule has 0 radical (unpaired) electrons. The van der Waals surface area contributed by atoms with Gasteiger partial charge in [-0.25, -0.2) is 0 Å². The van der Waals surface area contributed by atoms with Crippen LogP contribution in [0.2, 0.25) is 0 Å². The van der Waals surface area contributed by atoms with E-state index >= 15 is 0 Å². The summed E-state index contributed by atoms with van der Waals surface area (Å²) in [5.41, 5.74) is 2.41. The maximum atomic E-state index is 13.5. The number of hydrogen-bond acceptors (Lipinski definition) is 3. The number of likely N-dealkylation sites (N-methyl/N-ethyl adjacent to an activating group) is 1. The first kappa shape index (κ1) is 31.6. The molecule has 0 spiro atoms. The van der Waals surface area contributed by atoms with Crippen molar-refractivity contribution in [1.82, 2.24) is 9.80 Å². The fourth-order valence-corrected chi connectivity index (χ4v) is 5.29. The molecule has 4 aromatic rings.